The molecular formula is C34H34F3N3O3S. The first-order valence-electron chi connectivity index (χ1n) is 14.5. The zero-order valence-electron chi connectivity index (χ0n) is 24.2. The van der Waals surface area contributed by atoms with Crippen LogP contribution in [0.4, 0.5) is 18.9 Å². The quantitative estimate of drug-likeness (QED) is 0.220. The monoisotopic (exact) mass is 621 g/mol. The Kier molecular flexibility index (Phi) is 9.83. The van der Waals surface area contributed by atoms with Gasteiger partial charge in [0.25, 0.3) is 0 Å². The van der Waals surface area contributed by atoms with Crippen molar-refractivity contribution in [2.75, 3.05) is 18.4 Å². The minimum atomic E-state index is -3.79. The number of hydrogen-bond donors (Lipinski definition) is 2. The number of benzene rings is 4. The first-order chi connectivity index (χ1) is 21.1. The topological polar surface area (TPSA) is 78.5 Å². The van der Waals surface area contributed by atoms with Crippen LogP contribution in [-0.4, -0.2) is 43.8 Å². The number of amides is 1. The molecule has 4 aromatic rings. The van der Waals surface area contributed by atoms with Crippen molar-refractivity contribution >= 4 is 21.6 Å². The van der Waals surface area contributed by atoms with Gasteiger partial charge < -0.3 is 10.6 Å². The smallest absolute Gasteiger partial charge is 0.243 e. The van der Waals surface area contributed by atoms with Crippen molar-refractivity contribution in [1.29, 1.82) is 0 Å². The number of halogens is 3. The zero-order chi connectivity index (χ0) is 31.3. The van der Waals surface area contributed by atoms with Gasteiger partial charge in [-0.25, -0.2) is 21.6 Å². The van der Waals surface area contributed by atoms with Crippen molar-refractivity contribution in [2.24, 2.45) is 0 Å². The summed E-state index contributed by atoms with van der Waals surface area (Å²) in [6.45, 7) is 2.74. The van der Waals surface area contributed by atoms with Crippen LogP contribution in [0.2, 0.25) is 0 Å². The summed E-state index contributed by atoms with van der Waals surface area (Å²) < 4.78 is 71.2. The second-order valence-corrected chi connectivity index (χ2v) is 12.9. The predicted molar refractivity (Wildman–Crippen MR) is 164 cm³/mol. The van der Waals surface area contributed by atoms with Gasteiger partial charge in [0.05, 0.1) is 4.90 Å². The fraction of sp³-hybridized carbons (Fsp3) is 0.265. The van der Waals surface area contributed by atoms with E-state index in [0.717, 1.165) is 0 Å². The summed E-state index contributed by atoms with van der Waals surface area (Å²) in [7, 11) is -3.79. The third-order valence-corrected chi connectivity index (χ3v) is 10.1. The lowest BCUT2D eigenvalue weighted by molar-refractivity contribution is -0.116. The van der Waals surface area contributed by atoms with Gasteiger partial charge in [0.15, 0.2) is 0 Å². The lowest BCUT2D eigenvalue weighted by atomic mass is 9.88. The standard InChI is InChI=1S/C34H34F3N3O3S/c1-23-21-38-22-28(40(23)44(42,43)29-6-3-2-4-7-29)18-19-30-32(37)8-5-9-33(30)39-34(41)20-31(24-10-14-26(35)15-11-24)25-12-16-27(36)17-13-25/h2-17,23,28,31,38H,18-22H2,1H3,(H,39,41)/t23-,28-/m0/s1. The predicted octanol–water partition coefficient (Wildman–Crippen LogP) is 6.25. The molecule has 0 aromatic heterocycles. The Hall–Kier alpha value is -3.99. The Morgan fingerprint density at radius 1 is 0.864 bits per heavy atom. The Bertz CT molecular complexity index is 1640. The molecule has 5 rings (SSSR count). The van der Waals surface area contributed by atoms with E-state index in [2.05, 4.69) is 10.6 Å². The first kappa shape index (κ1) is 31.4. The number of sulfonamides is 1. The number of hydrogen-bond acceptors (Lipinski definition) is 4. The second kappa shape index (κ2) is 13.8. The Labute approximate surface area is 256 Å². The van der Waals surface area contributed by atoms with Gasteiger partial charge in [-0.15, -0.1) is 0 Å². The molecule has 6 nitrogen and oxygen atoms in total. The summed E-state index contributed by atoms with van der Waals surface area (Å²) in [6, 6.07) is 23.5. The first-order valence-corrected chi connectivity index (χ1v) is 15.9. The molecule has 2 N–H and O–H groups in total. The van der Waals surface area contributed by atoms with Crippen LogP contribution in [0.5, 0.6) is 0 Å². The maximum Gasteiger partial charge on any atom is 0.243 e. The number of carbonyl (C=O) groups is 1. The van der Waals surface area contributed by atoms with Crippen molar-refractivity contribution in [3.8, 4) is 0 Å². The fourth-order valence-corrected chi connectivity index (χ4v) is 7.69. The SMILES string of the molecule is C[C@H]1CNC[C@H](CCc2c(F)cccc2NC(=O)CC(c2ccc(F)cc2)c2ccc(F)cc2)N1S(=O)(=O)c1ccccc1. The molecule has 1 saturated heterocycles. The summed E-state index contributed by atoms with van der Waals surface area (Å²) in [6.07, 6.45) is 0.447. The van der Waals surface area contributed by atoms with Crippen LogP contribution < -0.4 is 10.6 Å². The van der Waals surface area contributed by atoms with E-state index in [9.17, 15) is 22.0 Å². The van der Waals surface area contributed by atoms with E-state index in [1.165, 1.54) is 40.7 Å². The summed E-state index contributed by atoms with van der Waals surface area (Å²) in [5.41, 5.74) is 1.91. The molecule has 1 aliphatic heterocycles. The van der Waals surface area contributed by atoms with Crippen LogP contribution >= 0.6 is 0 Å². The molecule has 44 heavy (non-hydrogen) atoms. The lowest BCUT2D eigenvalue weighted by Gasteiger charge is -2.40. The highest BCUT2D eigenvalue weighted by atomic mass is 32.2. The Balaban J connectivity index is 1.35. The van der Waals surface area contributed by atoms with E-state index >= 15 is 4.39 Å². The van der Waals surface area contributed by atoms with Gasteiger partial charge in [-0.2, -0.15) is 4.31 Å². The molecule has 2 atom stereocenters. The van der Waals surface area contributed by atoms with Gasteiger partial charge in [0.2, 0.25) is 15.9 Å². The van der Waals surface area contributed by atoms with Gasteiger partial charge in [0.1, 0.15) is 17.5 Å². The molecular weight excluding hydrogens is 587 g/mol. The van der Waals surface area contributed by atoms with Crippen LogP contribution in [0.3, 0.4) is 0 Å². The summed E-state index contributed by atoms with van der Waals surface area (Å²) in [4.78, 5) is 13.6. The van der Waals surface area contributed by atoms with Crippen LogP contribution in [0.15, 0.2) is 102 Å². The van der Waals surface area contributed by atoms with E-state index in [-0.39, 0.29) is 29.3 Å². The molecule has 0 saturated carbocycles. The van der Waals surface area contributed by atoms with E-state index in [1.807, 2.05) is 6.92 Å². The second-order valence-electron chi connectivity index (χ2n) is 11.0. The largest absolute Gasteiger partial charge is 0.326 e. The molecule has 1 heterocycles. The average molecular weight is 622 g/mol. The molecule has 1 fully saturated rings. The Morgan fingerprint density at radius 3 is 2.09 bits per heavy atom. The van der Waals surface area contributed by atoms with Crippen molar-refractivity contribution in [1.82, 2.24) is 9.62 Å². The van der Waals surface area contributed by atoms with Gasteiger partial charge in [-0.1, -0.05) is 48.5 Å². The summed E-state index contributed by atoms with van der Waals surface area (Å²) >= 11 is 0. The van der Waals surface area contributed by atoms with Gasteiger partial charge in [-0.3, -0.25) is 4.79 Å². The van der Waals surface area contributed by atoms with Crippen LogP contribution in [0, 0.1) is 17.5 Å². The number of nitrogens with zero attached hydrogens (tertiary/aromatic N) is 1. The molecule has 1 aliphatic rings. The normalized spacial score (nSPS) is 17.5. The van der Waals surface area contributed by atoms with Gasteiger partial charge >= 0.3 is 0 Å². The molecule has 10 heteroatoms. The van der Waals surface area contributed by atoms with Crippen LogP contribution in [-0.2, 0) is 21.2 Å². The molecule has 4 aromatic carbocycles. The number of anilines is 1. The Morgan fingerprint density at radius 2 is 1.48 bits per heavy atom. The molecule has 0 spiro atoms. The van der Waals surface area contributed by atoms with Gasteiger partial charge in [0, 0.05) is 48.8 Å². The molecule has 1 amide bonds. The molecule has 0 aliphatic carbocycles. The molecule has 230 valence electrons. The molecule has 0 radical (unpaired) electrons. The van der Waals surface area contributed by atoms with E-state index < -0.39 is 45.3 Å². The van der Waals surface area contributed by atoms with Crippen LogP contribution in [0.25, 0.3) is 0 Å². The number of nitrogens with one attached hydrogen (secondary N) is 2. The number of rotatable bonds is 10. The number of piperazine rings is 1. The van der Waals surface area contributed by atoms with Crippen molar-refractivity contribution < 1.29 is 26.4 Å². The highest BCUT2D eigenvalue weighted by molar-refractivity contribution is 7.89. The highest BCUT2D eigenvalue weighted by Gasteiger charge is 2.37. The van der Waals surface area contributed by atoms with Crippen molar-refractivity contribution in [3.05, 3.63) is 131 Å². The summed E-state index contributed by atoms with van der Waals surface area (Å²) in [5.74, 6) is -2.25. The van der Waals surface area contributed by atoms with E-state index in [1.54, 1.807) is 60.7 Å². The lowest BCUT2D eigenvalue weighted by Crippen LogP contribution is -2.58. The van der Waals surface area contributed by atoms with Crippen molar-refractivity contribution in [3.63, 3.8) is 0 Å². The zero-order valence-corrected chi connectivity index (χ0v) is 25.0. The van der Waals surface area contributed by atoms with Crippen molar-refractivity contribution in [2.45, 2.75) is 49.1 Å². The molecule has 0 unspecified atom stereocenters. The fourth-order valence-electron chi connectivity index (χ4n) is 5.82. The third-order valence-electron chi connectivity index (χ3n) is 7.99. The minimum Gasteiger partial charge on any atom is -0.326 e. The minimum absolute atomic E-state index is 0.0552. The maximum atomic E-state index is 15.2. The maximum absolute atomic E-state index is 15.2. The van der Waals surface area contributed by atoms with E-state index in [4.69, 9.17) is 0 Å². The summed E-state index contributed by atoms with van der Waals surface area (Å²) in [5, 5.41) is 6.11. The number of carbonyl (C=O) groups excluding carboxylic acids is 1. The molecule has 0 bridgehead atoms. The van der Waals surface area contributed by atoms with Crippen LogP contribution in [0.1, 0.15) is 42.4 Å². The average Bonchev–Trinajstić information content (AvgIpc) is 3.01. The van der Waals surface area contributed by atoms with Gasteiger partial charge in [-0.05, 0) is 79.4 Å². The highest BCUT2D eigenvalue weighted by Crippen LogP contribution is 2.31. The third kappa shape index (κ3) is 7.20. The van der Waals surface area contributed by atoms with E-state index in [0.29, 0.717) is 36.3 Å².